The minimum absolute atomic E-state index is 0.0540. The van der Waals surface area contributed by atoms with Crippen molar-refractivity contribution < 1.29 is 9.18 Å². The van der Waals surface area contributed by atoms with Gasteiger partial charge in [0.05, 0.1) is 11.2 Å². The average Bonchev–Trinajstić information content (AvgIpc) is 3.03. The standard InChI is InChI=1S/C20H23BrFN5O/c1-12-24-26-27(25-12)20-8-13-4-14(9-20)7-19(6-13,11-20)10-18(28)23-17-3-2-15(21)5-16(17)22/h2-3,5,13-14H,4,6-11H2,1H3,(H,23,28)/t13-,14-,19?,20?/m0/s1. The molecule has 2 aromatic rings. The van der Waals surface area contributed by atoms with Gasteiger partial charge in [0.2, 0.25) is 5.91 Å². The summed E-state index contributed by atoms with van der Waals surface area (Å²) in [5, 5.41) is 15.7. The molecule has 4 fully saturated rings. The Kier molecular flexibility index (Phi) is 4.12. The van der Waals surface area contributed by atoms with Gasteiger partial charge in [-0.3, -0.25) is 4.79 Å². The van der Waals surface area contributed by atoms with Gasteiger partial charge in [-0.15, -0.1) is 10.2 Å². The average molecular weight is 448 g/mol. The lowest BCUT2D eigenvalue weighted by molar-refractivity contribution is -0.135. The van der Waals surface area contributed by atoms with Crippen molar-refractivity contribution in [1.82, 2.24) is 20.2 Å². The number of anilines is 1. The van der Waals surface area contributed by atoms with E-state index in [2.05, 4.69) is 36.7 Å². The van der Waals surface area contributed by atoms with Crippen LogP contribution in [0, 0.1) is 30.0 Å². The molecule has 6 rings (SSSR count). The molecule has 1 aromatic heterocycles. The van der Waals surface area contributed by atoms with E-state index in [1.54, 1.807) is 12.1 Å². The molecule has 28 heavy (non-hydrogen) atoms. The van der Waals surface area contributed by atoms with Gasteiger partial charge in [0.1, 0.15) is 5.82 Å². The zero-order valence-electron chi connectivity index (χ0n) is 15.8. The molecule has 6 nitrogen and oxygen atoms in total. The Balaban J connectivity index is 1.38. The highest BCUT2D eigenvalue weighted by Crippen LogP contribution is 2.65. The van der Waals surface area contributed by atoms with Crippen molar-refractivity contribution in [3.63, 3.8) is 0 Å². The first-order valence-corrected chi connectivity index (χ1v) is 10.7. The lowest BCUT2D eigenvalue weighted by atomic mass is 9.46. The summed E-state index contributed by atoms with van der Waals surface area (Å²) in [6, 6.07) is 4.70. The number of nitrogens with one attached hydrogen (secondary N) is 1. The Bertz CT molecular complexity index is 930. The number of nitrogens with zero attached hydrogens (tertiary/aromatic N) is 4. The molecule has 1 N–H and O–H groups in total. The summed E-state index contributed by atoms with van der Waals surface area (Å²) < 4.78 is 14.8. The molecule has 4 aliphatic rings. The Morgan fingerprint density at radius 1 is 1.32 bits per heavy atom. The van der Waals surface area contributed by atoms with Crippen LogP contribution in [0.3, 0.4) is 0 Å². The molecule has 0 aliphatic heterocycles. The van der Waals surface area contributed by atoms with Crippen molar-refractivity contribution in [1.29, 1.82) is 0 Å². The Labute approximate surface area is 171 Å². The Morgan fingerprint density at radius 3 is 2.71 bits per heavy atom. The molecule has 4 saturated carbocycles. The fourth-order valence-electron chi connectivity index (χ4n) is 6.45. The summed E-state index contributed by atoms with van der Waals surface area (Å²) in [5.74, 6) is 1.36. The number of rotatable bonds is 4. The van der Waals surface area contributed by atoms with Gasteiger partial charge < -0.3 is 5.32 Å². The second-order valence-corrected chi connectivity index (χ2v) is 10.1. The molecule has 4 aliphatic carbocycles. The highest BCUT2D eigenvalue weighted by atomic mass is 79.9. The molecule has 2 atom stereocenters. The van der Waals surface area contributed by atoms with Crippen molar-refractivity contribution in [2.24, 2.45) is 17.3 Å². The van der Waals surface area contributed by atoms with Crippen LogP contribution in [0.15, 0.2) is 22.7 Å². The summed E-state index contributed by atoms with van der Waals surface area (Å²) in [6.07, 6.45) is 6.84. The summed E-state index contributed by atoms with van der Waals surface area (Å²) >= 11 is 3.25. The first-order valence-electron chi connectivity index (χ1n) is 9.87. The first-order chi connectivity index (χ1) is 13.3. The van der Waals surface area contributed by atoms with Gasteiger partial charge >= 0.3 is 0 Å². The van der Waals surface area contributed by atoms with E-state index in [-0.39, 0.29) is 22.5 Å². The third-order valence-corrected chi connectivity index (χ3v) is 7.32. The fourth-order valence-corrected chi connectivity index (χ4v) is 6.79. The fraction of sp³-hybridized carbons (Fsp3) is 0.600. The van der Waals surface area contributed by atoms with Crippen LogP contribution in [0.4, 0.5) is 10.1 Å². The van der Waals surface area contributed by atoms with Gasteiger partial charge in [0.25, 0.3) is 0 Å². The van der Waals surface area contributed by atoms with E-state index in [0.717, 1.165) is 32.1 Å². The minimum atomic E-state index is -0.424. The van der Waals surface area contributed by atoms with Crippen molar-refractivity contribution >= 4 is 27.5 Å². The third-order valence-electron chi connectivity index (χ3n) is 6.83. The number of tetrazole rings is 1. The molecule has 0 unspecified atom stereocenters. The molecular formula is C20H23BrFN5O. The SMILES string of the molecule is Cc1nnn(C23C[C@H]4C[C@@H](CC(CC(=O)Nc5ccc(Br)cc5F)(C4)C2)C3)n1. The Morgan fingerprint density at radius 2 is 2.07 bits per heavy atom. The molecule has 0 spiro atoms. The molecule has 0 radical (unpaired) electrons. The number of halogens is 2. The van der Waals surface area contributed by atoms with Gasteiger partial charge in [-0.05, 0) is 86.1 Å². The first kappa shape index (κ1) is 18.2. The van der Waals surface area contributed by atoms with E-state index >= 15 is 0 Å². The summed E-state index contributed by atoms with van der Waals surface area (Å²) in [6.45, 7) is 1.86. The smallest absolute Gasteiger partial charge is 0.225 e. The number of aryl methyl sites for hydroxylation is 1. The van der Waals surface area contributed by atoms with Crippen LogP contribution in [0.2, 0.25) is 0 Å². The largest absolute Gasteiger partial charge is 0.324 e. The van der Waals surface area contributed by atoms with Crippen LogP contribution in [0.25, 0.3) is 0 Å². The van der Waals surface area contributed by atoms with E-state index in [1.165, 1.54) is 12.5 Å². The second-order valence-electron chi connectivity index (χ2n) is 9.16. The zero-order valence-corrected chi connectivity index (χ0v) is 17.4. The van der Waals surface area contributed by atoms with Crippen molar-refractivity contribution in [2.45, 2.75) is 57.4 Å². The maximum atomic E-state index is 14.1. The van der Waals surface area contributed by atoms with Crippen LogP contribution in [0.1, 0.15) is 50.8 Å². The molecule has 1 aromatic carbocycles. The van der Waals surface area contributed by atoms with Crippen LogP contribution in [0.5, 0.6) is 0 Å². The van der Waals surface area contributed by atoms with E-state index in [1.807, 2.05) is 11.7 Å². The molecule has 4 bridgehead atoms. The number of aromatic nitrogens is 4. The van der Waals surface area contributed by atoms with Crippen LogP contribution < -0.4 is 5.32 Å². The lowest BCUT2D eigenvalue weighted by Crippen LogP contribution is -2.57. The maximum Gasteiger partial charge on any atom is 0.225 e. The van der Waals surface area contributed by atoms with E-state index in [9.17, 15) is 9.18 Å². The van der Waals surface area contributed by atoms with E-state index < -0.39 is 5.82 Å². The predicted molar refractivity (Wildman–Crippen MR) is 105 cm³/mol. The normalized spacial score (nSPS) is 33.2. The van der Waals surface area contributed by atoms with Gasteiger partial charge in [0.15, 0.2) is 5.82 Å². The quantitative estimate of drug-likeness (QED) is 0.761. The molecule has 0 saturated heterocycles. The monoisotopic (exact) mass is 447 g/mol. The van der Waals surface area contributed by atoms with E-state index in [0.29, 0.717) is 28.6 Å². The predicted octanol–water partition coefficient (Wildman–Crippen LogP) is 4.21. The van der Waals surface area contributed by atoms with Crippen molar-refractivity contribution in [2.75, 3.05) is 5.32 Å². The number of carbonyl (C=O) groups excluding carboxylic acids is 1. The molecule has 1 amide bonds. The number of carbonyl (C=O) groups is 1. The lowest BCUT2D eigenvalue weighted by Gasteiger charge is -2.61. The molecular weight excluding hydrogens is 425 g/mol. The third kappa shape index (κ3) is 3.06. The van der Waals surface area contributed by atoms with Gasteiger partial charge in [-0.1, -0.05) is 15.9 Å². The zero-order chi connectivity index (χ0) is 19.5. The number of benzene rings is 1. The summed E-state index contributed by atoms with van der Waals surface area (Å²) in [4.78, 5) is 14.7. The van der Waals surface area contributed by atoms with Crippen LogP contribution in [-0.2, 0) is 10.3 Å². The van der Waals surface area contributed by atoms with Gasteiger partial charge in [0, 0.05) is 10.9 Å². The molecule has 1 heterocycles. The summed E-state index contributed by atoms with van der Waals surface area (Å²) in [7, 11) is 0. The molecule has 148 valence electrons. The van der Waals surface area contributed by atoms with Crippen LogP contribution in [-0.4, -0.2) is 26.1 Å². The maximum absolute atomic E-state index is 14.1. The van der Waals surface area contributed by atoms with Crippen molar-refractivity contribution in [3.8, 4) is 0 Å². The minimum Gasteiger partial charge on any atom is -0.324 e. The van der Waals surface area contributed by atoms with Crippen LogP contribution >= 0.6 is 15.9 Å². The van der Waals surface area contributed by atoms with Gasteiger partial charge in [-0.25, -0.2) is 4.39 Å². The van der Waals surface area contributed by atoms with E-state index in [4.69, 9.17) is 0 Å². The second kappa shape index (κ2) is 6.34. The van der Waals surface area contributed by atoms with Crippen molar-refractivity contribution in [3.05, 3.63) is 34.3 Å². The van der Waals surface area contributed by atoms with Gasteiger partial charge in [-0.2, -0.15) is 4.80 Å². The summed E-state index contributed by atoms with van der Waals surface area (Å²) in [5.41, 5.74) is 0.0666. The number of amides is 1. The topological polar surface area (TPSA) is 72.7 Å². The number of hydrogen-bond acceptors (Lipinski definition) is 4. The molecule has 8 heteroatoms. The Hall–Kier alpha value is -1.83. The highest BCUT2D eigenvalue weighted by Gasteiger charge is 2.60. The number of hydrogen-bond donors (Lipinski definition) is 1. The highest BCUT2D eigenvalue weighted by molar-refractivity contribution is 9.10.